The summed E-state index contributed by atoms with van der Waals surface area (Å²) in [6.07, 6.45) is 4.71. The first kappa shape index (κ1) is 27.4. The monoisotopic (exact) mass is 559 g/mol. The van der Waals surface area contributed by atoms with E-state index in [0.717, 1.165) is 45.2 Å². The molecule has 0 radical (unpaired) electrons. The molecule has 9 nitrogen and oxygen atoms in total. The van der Waals surface area contributed by atoms with Gasteiger partial charge < -0.3 is 20.3 Å². The number of rotatable bonds is 8. The zero-order chi connectivity index (χ0) is 21.3. The third-order valence-electron chi connectivity index (χ3n) is 5.33. The number of guanidine groups is 1. The molecule has 1 atom stereocenters. The van der Waals surface area contributed by atoms with Crippen LogP contribution in [0.3, 0.4) is 0 Å². The summed E-state index contributed by atoms with van der Waals surface area (Å²) in [5, 5.41) is 6.40. The van der Waals surface area contributed by atoms with Crippen LogP contribution in [-0.4, -0.2) is 82.9 Å². The summed E-state index contributed by atoms with van der Waals surface area (Å²) in [5.41, 5.74) is 0. The third-order valence-corrected chi connectivity index (χ3v) is 6.68. The second-order valence-corrected chi connectivity index (χ2v) is 9.98. The number of hydrogen-bond acceptors (Lipinski definition) is 5. The van der Waals surface area contributed by atoms with E-state index in [1.807, 2.05) is 18.7 Å². The smallest absolute Gasteiger partial charge is 0.225 e. The van der Waals surface area contributed by atoms with E-state index in [1.54, 1.807) is 7.05 Å². The lowest BCUT2D eigenvalue weighted by molar-refractivity contribution is -0.135. The molecular weight excluding hydrogens is 521 g/mol. The molecule has 0 bridgehead atoms. The van der Waals surface area contributed by atoms with E-state index in [4.69, 9.17) is 4.74 Å². The predicted molar refractivity (Wildman–Crippen MR) is 130 cm³/mol. The van der Waals surface area contributed by atoms with Crippen molar-refractivity contribution < 1.29 is 17.9 Å². The molecule has 2 rings (SSSR count). The average molecular weight is 560 g/mol. The van der Waals surface area contributed by atoms with E-state index >= 15 is 0 Å². The molecule has 176 valence electrons. The number of carbonyl (C=O) groups excluding carboxylic acids is 1. The molecule has 1 amide bonds. The first-order valence-electron chi connectivity index (χ1n) is 10.7. The van der Waals surface area contributed by atoms with Crippen molar-refractivity contribution in [2.75, 3.05) is 45.6 Å². The van der Waals surface area contributed by atoms with Crippen molar-refractivity contribution in [2.24, 2.45) is 10.9 Å². The van der Waals surface area contributed by atoms with Gasteiger partial charge in [-0.3, -0.25) is 9.79 Å². The van der Waals surface area contributed by atoms with Gasteiger partial charge in [0, 0.05) is 51.8 Å². The highest BCUT2D eigenvalue weighted by Gasteiger charge is 2.25. The van der Waals surface area contributed by atoms with Gasteiger partial charge in [-0.1, -0.05) is 13.8 Å². The van der Waals surface area contributed by atoms with E-state index in [-0.39, 0.29) is 60.2 Å². The summed E-state index contributed by atoms with van der Waals surface area (Å²) in [5.74, 6) is 0.780. The Hall–Kier alpha value is -0.660. The van der Waals surface area contributed by atoms with Gasteiger partial charge in [-0.25, -0.2) is 13.1 Å². The maximum atomic E-state index is 12.2. The Labute approximate surface area is 198 Å². The lowest BCUT2D eigenvalue weighted by Crippen LogP contribution is -2.51. The fourth-order valence-corrected chi connectivity index (χ4v) is 4.52. The highest BCUT2D eigenvalue weighted by Crippen LogP contribution is 2.13. The normalized spacial score (nSPS) is 21.3. The van der Waals surface area contributed by atoms with E-state index in [2.05, 4.69) is 20.3 Å². The zero-order valence-corrected chi connectivity index (χ0v) is 21.5. The fraction of sp³-hybridized carbons (Fsp3) is 0.895. The number of nitrogens with zero attached hydrogens (tertiary/aromatic N) is 2. The van der Waals surface area contributed by atoms with Crippen LogP contribution in [0, 0.1) is 5.92 Å². The highest BCUT2D eigenvalue weighted by molar-refractivity contribution is 14.0. The van der Waals surface area contributed by atoms with E-state index in [0.29, 0.717) is 19.1 Å². The minimum absolute atomic E-state index is 0. The van der Waals surface area contributed by atoms with Crippen molar-refractivity contribution in [1.29, 1.82) is 0 Å². The van der Waals surface area contributed by atoms with Crippen LogP contribution in [0.1, 0.15) is 46.0 Å². The first-order chi connectivity index (χ1) is 13.8. The summed E-state index contributed by atoms with van der Waals surface area (Å²) in [6.45, 7) is 6.61. The number of halogens is 1. The molecule has 0 aromatic carbocycles. The Morgan fingerprint density at radius 2 is 1.90 bits per heavy atom. The van der Waals surface area contributed by atoms with Crippen LogP contribution < -0.4 is 15.4 Å². The number of nitrogens with one attached hydrogen (secondary N) is 3. The standard InChI is InChI=1S/C19H37N5O4S.HI/c1-15(2)18(25)24-10-7-16(8-11-24)23-19(20-3)21-9-13-29(26,27)22-14-17-6-4-5-12-28-17;/h15-17,22H,4-14H2,1-3H3,(H2,20,21,23);1H. The molecule has 0 aromatic heterocycles. The molecule has 30 heavy (non-hydrogen) atoms. The molecule has 0 saturated carbocycles. The Bertz CT molecular complexity index is 645. The molecule has 0 aromatic rings. The average Bonchev–Trinajstić information content (AvgIpc) is 2.72. The largest absolute Gasteiger partial charge is 0.377 e. The predicted octanol–water partition coefficient (Wildman–Crippen LogP) is 0.905. The van der Waals surface area contributed by atoms with Crippen molar-refractivity contribution >= 4 is 45.9 Å². The molecule has 2 saturated heterocycles. The lowest BCUT2D eigenvalue weighted by Gasteiger charge is -2.34. The molecule has 1 unspecified atom stereocenters. The minimum atomic E-state index is -3.36. The second-order valence-electron chi connectivity index (χ2n) is 8.05. The maximum Gasteiger partial charge on any atom is 0.225 e. The third kappa shape index (κ3) is 9.65. The number of sulfonamides is 1. The van der Waals surface area contributed by atoms with Gasteiger partial charge in [-0.15, -0.1) is 24.0 Å². The number of ether oxygens (including phenoxy) is 1. The van der Waals surface area contributed by atoms with Gasteiger partial charge in [-0.2, -0.15) is 0 Å². The van der Waals surface area contributed by atoms with Gasteiger partial charge in [0.2, 0.25) is 15.9 Å². The van der Waals surface area contributed by atoms with Crippen LogP contribution in [0.4, 0.5) is 0 Å². The summed E-state index contributed by atoms with van der Waals surface area (Å²) in [6, 6.07) is 0.218. The molecule has 2 fully saturated rings. The fourth-order valence-electron chi connectivity index (χ4n) is 3.56. The van der Waals surface area contributed by atoms with Crippen molar-refractivity contribution in [3.63, 3.8) is 0 Å². The zero-order valence-electron chi connectivity index (χ0n) is 18.4. The van der Waals surface area contributed by atoms with Gasteiger partial charge in [0.1, 0.15) is 0 Å². The Kier molecular flexibility index (Phi) is 12.5. The maximum absolute atomic E-state index is 12.2. The quantitative estimate of drug-likeness (QED) is 0.232. The van der Waals surface area contributed by atoms with Crippen molar-refractivity contribution in [3.8, 4) is 0 Å². The topological polar surface area (TPSA) is 112 Å². The minimum Gasteiger partial charge on any atom is -0.377 e. The number of likely N-dealkylation sites (tertiary alicyclic amines) is 1. The molecule has 11 heteroatoms. The number of carbonyl (C=O) groups is 1. The molecule has 2 aliphatic rings. The second kappa shape index (κ2) is 13.7. The summed E-state index contributed by atoms with van der Waals surface area (Å²) < 4.78 is 32.6. The van der Waals surface area contributed by atoms with Gasteiger partial charge in [-0.05, 0) is 32.1 Å². The van der Waals surface area contributed by atoms with E-state index < -0.39 is 10.0 Å². The first-order valence-corrected chi connectivity index (χ1v) is 12.3. The van der Waals surface area contributed by atoms with Crippen molar-refractivity contribution in [3.05, 3.63) is 0 Å². The van der Waals surface area contributed by atoms with Gasteiger partial charge in [0.05, 0.1) is 11.9 Å². The Morgan fingerprint density at radius 3 is 2.47 bits per heavy atom. The molecule has 2 heterocycles. The SMILES string of the molecule is CN=C(NCCS(=O)(=O)NCC1CCCCO1)NC1CCN(C(=O)C(C)C)CC1.I. The van der Waals surface area contributed by atoms with Crippen LogP contribution >= 0.6 is 24.0 Å². The summed E-state index contributed by atoms with van der Waals surface area (Å²) >= 11 is 0. The number of piperidine rings is 1. The summed E-state index contributed by atoms with van der Waals surface area (Å²) in [4.78, 5) is 18.2. The highest BCUT2D eigenvalue weighted by atomic mass is 127. The van der Waals surface area contributed by atoms with Crippen LogP contribution in [0.15, 0.2) is 4.99 Å². The van der Waals surface area contributed by atoms with Crippen molar-refractivity contribution in [1.82, 2.24) is 20.3 Å². The Balaban J connectivity index is 0.00000450. The Morgan fingerprint density at radius 1 is 1.20 bits per heavy atom. The van der Waals surface area contributed by atoms with Crippen molar-refractivity contribution in [2.45, 2.75) is 58.1 Å². The molecule has 0 aliphatic carbocycles. The van der Waals surface area contributed by atoms with E-state index in [9.17, 15) is 13.2 Å². The number of aliphatic imine (C=N–C) groups is 1. The van der Waals surface area contributed by atoms with Gasteiger partial charge in [0.25, 0.3) is 0 Å². The van der Waals surface area contributed by atoms with E-state index in [1.165, 1.54) is 0 Å². The molecule has 0 spiro atoms. The molecule has 2 aliphatic heterocycles. The number of amides is 1. The van der Waals surface area contributed by atoms with Gasteiger partial charge >= 0.3 is 0 Å². The van der Waals surface area contributed by atoms with Crippen LogP contribution in [0.25, 0.3) is 0 Å². The lowest BCUT2D eigenvalue weighted by atomic mass is 10.0. The number of hydrogen-bond donors (Lipinski definition) is 3. The van der Waals surface area contributed by atoms with Gasteiger partial charge in [0.15, 0.2) is 5.96 Å². The summed E-state index contributed by atoms with van der Waals surface area (Å²) in [7, 11) is -1.70. The molecule has 3 N–H and O–H groups in total. The van der Waals surface area contributed by atoms with Crippen LogP contribution in [-0.2, 0) is 19.6 Å². The molecular formula is C19H38IN5O4S. The van der Waals surface area contributed by atoms with Crippen LogP contribution in [0.5, 0.6) is 0 Å². The van der Waals surface area contributed by atoms with Crippen LogP contribution in [0.2, 0.25) is 0 Å².